The summed E-state index contributed by atoms with van der Waals surface area (Å²) in [5, 5.41) is 14.5. The van der Waals surface area contributed by atoms with Crippen LogP contribution in [0, 0.1) is 6.92 Å². The van der Waals surface area contributed by atoms with Gasteiger partial charge in [0, 0.05) is 22.0 Å². The standard InChI is InChI=1S/C15H15N5OS2/c1-9(13-7-22-10(2)17-13)16-15(21)18-12-5-3-11(4-6-12)14-8-23-20-19-14/h3-9H,1-2H3,(H2,16,18,21)/t9-/m0/s1. The summed E-state index contributed by atoms with van der Waals surface area (Å²) in [6.07, 6.45) is 0. The number of thiazole rings is 1. The Balaban J connectivity index is 1.59. The van der Waals surface area contributed by atoms with E-state index < -0.39 is 0 Å². The summed E-state index contributed by atoms with van der Waals surface area (Å²) in [5.74, 6) is 0. The second kappa shape index (κ2) is 6.84. The van der Waals surface area contributed by atoms with Gasteiger partial charge in [-0.25, -0.2) is 9.78 Å². The van der Waals surface area contributed by atoms with E-state index in [0.717, 1.165) is 27.6 Å². The molecule has 0 saturated heterocycles. The molecule has 23 heavy (non-hydrogen) atoms. The monoisotopic (exact) mass is 345 g/mol. The Morgan fingerprint density at radius 3 is 2.61 bits per heavy atom. The van der Waals surface area contributed by atoms with Gasteiger partial charge in [0.2, 0.25) is 0 Å². The number of nitrogens with zero attached hydrogens (tertiary/aromatic N) is 3. The largest absolute Gasteiger partial charge is 0.330 e. The second-order valence-corrected chi connectivity index (χ2v) is 6.65. The lowest BCUT2D eigenvalue weighted by atomic mass is 10.1. The van der Waals surface area contributed by atoms with Crippen molar-refractivity contribution < 1.29 is 4.79 Å². The summed E-state index contributed by atoms with van der Waals surface area (Å²) in [5.41, 5.74) is 3.39. The summed E-state index contributed by atoms with van der Waals surface area (Å²) in [6.45, 7) is 3.85. The van der Waals surface area contributed by atoms with E-state index in [-0.39, 0.29) is 12.1 Å². The maximum atomic E-state index is 12.0. The average molecular weight is 345 g/mol. The molecule has 118 valence electrons. The van der Waals surface area contributed by atoms with Gasteiger partial charge < -0.3 is 10.6 Å². The molecule has 2 aromatic heterocycles. The van der Waals surface area contributed by atoms with Crippen LogP contribution < -0.4 is 10.6 Å². The highest BCUT2D eigenvalue weighted by Gasteiger charge is 2.12. The van der Waals surface area contributed by atoms with Gasteiger partial charge in [-0.05, 0) is 37.5 Å². The molecule has 0 spiro atoms. The van der Waals surface area contributed by atoms with E-state index in [1.54, 1.807) is 11.3 Å². The van der Waals surface area contributed by atoms with Gasteiger partial charge in [0.25, 0.3) is 0 Å². The first kappa shape index (κ1) is 15.6. The summed E-state index contributed by atoms with van der Waals surface area (Å²) < 4.78 is 3.84. The first-order valence-electron chi connectivity index (χ1n) is 6.99. The first-order chi connectivity index (χ1) is 11.1. The van der Waals surface area contributed by atoms with Gasteiger partial charge >= 0.3 is 6.03 Å². The number of aromatic nitrogens is 3. The Labute approximate surface area is 141 Å². The number of carbonyl (C=O) groups excluding carboxylic acids is 1. The van der Waals surface area contributed by atoms with Crippen LogP contribution in [-0.4, -0.2) is 20.6 Å². The number of carbonyl (C=O) groups is 1. The lowest BCUT2D eigenvalue weighted by molar-refractivity contribution is 0.249. The Morgan fingerprint density at radius 2 is 2.00 bits per heavy atom. The molecule has 2 heterocycles. The molecule has 6 nitrogen and oxygen atoms in total. The number of urea groups is 1. The Hall–Kier alpha value is -2.32. The predicted molar refractivity (Wildman–Crippen MR) is 92.8 cm³/mol. The molecule has 0 aliphatic carbocycles. The third kappa shape index (κ3) is 3.91. The van der Waals surface area contributed by atoms with Crippen LogP contribution in [0.25, 0.3) is 11.3 Å². The van der Waals surface area contributed by atoms with Crippen LogP contribution >= 0.6 is 22.9 Å². The van der Waals surface area contributed by atoms with E-state index >= 15 is 0 Å². The van der Waals surface area contributed by atoms with Crippen molar-refractivity contribution in [1.82, 2.24) is 19.9 Å². The molecule has 8 heteroatoms. The van der Waals surface area contributed by atoms with E-state index in [2.05, 4.69) is 25.2 Å². The molecule has 0 radical (unpaired) electrons. The van der Waals surface area contributed by atoms with E-state index in [9.17, 15) is 4.79 Å². The summed E-state index contributed by atoms with van der Waals surface area (Å²) in [4.78, 5) is 16.4. The minimum absolute atomic E-state index is 0.139. The maximum Gasteiger partial charge on any atom is 0.319 e. The van der Waals surface area contributed by atoms with Gasteiger partial charge in [-0.3, -0.25) is 0 Å². The molecule has 2 N–H and O–H groups in total. The third-order valence-electron chi connectivity index (χ3n) is 3.23. The van der Waals surface area contributed by atoms with Crippen LogP contribution in [0.2, 0.25) is 0 Å². The van der Waals surface area contributed by atoms with Crippen molar-refractivity contribution in [2.24, 2.45) is 0 Å². The highest BCUT2D eigenvalue weighted by atomic mass is 32.1. The molecule has 1 aromatic carbocycles. The smallest absolute Gasteiger partial charge is 0.319 e. The van der Waals surface area contributed by atoms with Crippen molar-refractivity contribution >= 4 is 34.6 Å². The zero-order chi connectivity index (χ0) is 16.2. The topological polar surface area (TPSA) is 79.8 Å². The second-order valence-electron chi connectivity index (χ2n) is 4.98. The van der Waals surface area contributed by atoms with Crippen LogP contribution in [-0.2, 0) is 0 Å². The Kier molecular flexibility index (Phi) is 4.63. The lowest BCUT2D eigenvalue weighted by Crippen LogP contribution is -2.31. The third-order valence-corrected chi connectivity index (χ3v) is 4.52. The molecule has 0 bridgehead atoms. The average Bonchev–Trinajstić information content (AvgIpc) is 3.19. The highest BCUT2D eigenvalue weighted by Crippen LogP contribution is 2.20. The van der Waals surface area contributed by atoms with Gasteiger partial charge in [-0.15, -0.1) is 16.4 Å². The zero-order valence-electron chi connectivity index (χ0n) is 12.6. The molecule has 2 amide bonds. The SMILES string of the molecule is Cc1nc([C@H](C)NC(=O)Nc2ccc(-c3csnn3)cc2)cs1. The molecule has 3 rings (SSSR count). The van der Waals surface area contributed by atoms with Gasteiger partial charge in [0.15, 0.2) is 0 Å². The van der Waals surface area contributed by atoms with Crippen LogP contribution in [0.1, 0.15) is 23.7 Å². The molecule has 0 aliphatic heterocycles. The fourth-order valence-corrected chi connectivity index (χ4v) is 3.20. The molecular weight excluding hydrogens is 330 g/mol. The van der Waals surface area contributed by atoms with Crippen molar-refractivity contribution in [3.05, 3.63) is 45.7 Å². The number of benzene rings is 1. The van der Waals surface area contributed by atoms with Crippen molar-refractivity contribution in [2.45, 2.75) is 19.9 Å². The summed E-state index contributed by atoms with van der Waals surface area (Å²) >= 11 is 2.88. The Bertz CT molecular complexity index is 783. The van der Waals surface area contributed by atoms with E-state index in [4.69, 9.17) is 0 Å². The van der Waals surface area contributed by atoms with Crippen molar-refractivity contribution in [3.63, 3.8) is 0 Å². The minimum atomic E-state index is -0.258. The fourth-order valence-electron chi connectivity index (χ4n) is 2.03. The van der Waals surface area contributed by atoms with Crippen molar-refractivity contribution in [3.8, 4) is 11.3 Å². The normalized spacial score (nSPS) is 11.9. The number of aryl methyl sites for hydroxylation is 1. The van der Waals surface area contributed by atoms with Gasteiger partial charge in [0.05, 0.1) is 16.7 Å². The molecule has 1 atom stereocenters. The number of hydrogen-bond acceptors (Lipinski definition) is 6. The zero-order valence-corrected chi connectivity index (χ0v) is 14.2. The molecule has 0 aliphatic rings. The van der Waals surface area contributed by atoms with E-state index in [1.807, 2.05) is 48.9 Å². The number of hydrogen-bond donors (Lipinski definition) is 2. The van der Waals surface area contributed by atoms with Crippen LogP contribution in [0.15, 0.2) is 35.0 Å². The van der Waals surface area contributed by atoms with Gasteiger partial charge in [-0.1, -0.05) is 16.6 Å². The van der Waals surface area contributed by atoms with Crippen molar-refractivity contribution in [2.75, 3.05) is 5.32 Å². The summed E-state index contributed by atoms with van der Waals surface area (Å²) in [6, 6.07) is 7.09. The van der Waals surface area contributed by atoms with Gasteiger partial charge in [0.1, 0.15) is 5.69 Å². The Morgan fingerprint density at radius 1 is 1.22 bits per heavy atom. The summed E-state index contributed by atoms with van der Waals surface area (Å²) in [7, 11) is 0. The first-order valence-corrected chi connectivity index (χ1v) is 8.70. The highest BCUT2D eigenvalue weighted by molar-refractivity contribution is 7.09. The quantitative estimate of drug-likeness (QED) is 0.752. The molecule has 3 aromatic rings. The van der Waals surface area contributed by atoms with E-state index in [1.165, 1.54) is 11.5 Å². The molecular formula is C15H15N5OS2. The molecule has 0 fully saturated rings. The number of anilines is 1. The van der Waals surface area contributed by atoms with Crippen LogP contribution in [0.5, 0.6) is 0 Å². The van der Waals surface area contributed by atoms with Gasteiger partial charge in [-0.2, -0.15) is 0 Å². The van der Waals surface area contributed by atoms with Crippen LogP contribution in [0.3, 0.4) is 0 Å². The number of rotatable bonds is 4. The number of amides is 2. The number of nitrogens with one attached hydrogen (secondary N) is 2. The minimum Gasteiger partial charge on any atom is -0.330 e. The van der Waals surface area contributed by atoms with Crippen LogP contribution in [0.4, 0.5) is 10.5 Å². The maximum absolute atomic E-state index is 12.0. The van der Waals surface area contributed by atoms with E-state index in [0.29, 0.717) is 0 Å². The lowest BCUT2D eigenvalue weighted by Gasteiger charge is -2.13. The fraction of sp³-hybridized carbons (Fsp3) is 0.200. The molecule has 0 unspecified atom stereocenters. The predicted octanol–water partition coefficient (Wildman–Crippen LogP) is 3.85. The molecule has 0 saturated carbocycles. The van der Waals surface area contributed by atoms with Crippen molar-refractivity contribution in [1.29, 1.82) is 0 Å².